The van der Waals surface area contributed by atoms with E-state index in [1.807, 2.05) is 6.07 Å². The maximum Gasteiger partial charge on any atom is 0.331 e. The molecule has 1 amide bonds. The zero-order chi connectivity index (χ0) is 21.3. The summed E-state index contributed by atoms with van der Waals surface area (Å²) < 4.78 is 16.2. The van der Waals surface area contributed by atoms with Crippen molar-refractivity contribution in [1.82, 2.24) is 5.32 Å². The van der Waals surface area contributed by atoms with Crippen LogP contribution >= 0.6 is 0 Å². The van der Waals surface area contributed by atoms with Crippen molar-refractivity contribution in [3.05, 3.63) is 65.2 Å². The maximum absolute atomic E-state index is 12.2. The fraction of sp³-hybridized carbons (Fsp3) is 0.261. The number of rotatable bonds is 7. The highest BCUT2D eigenvalue weighted by atomic mass is 16.5. The lowest BCUT2D eigenvalue weighted by molar-refractivity contribution is -0.136. The van der Waals surface area contributed by atoms with Gasteiger partial charge in [-0.25, -0.2) is 4.79 Å². The van der Waals surface area contributed by atoms with E-state index in [4.69, 9.17) is 14.2 Å². The van der Waals surface area contributed by atoms with Crippen LogP contribution in [-0.4, -0.2) is 37.5 Å². The van der Waals surface area contributed by atoms with Gasteiger partial charge in [0.15, 0.2) is 23.9 Å². The number of benzene rings is 2. The van der Waals surface area contributed by atoms with Crippen LogP contribution in [0.1, 0.15) is 34.8 Å². The molecule has 0 unspecified atom stereocenters. The summed E-state index contributed by atoms with van der Waals surface area (Å²) in [6.07, 6.45) is 3.68. The minimum atomic E-state index is -0.613. The molecular weight excluding hydrogens is 386 g/mol. The summed E-state index contributed by atoms with van der Waals surface area (Å²) in [7, 11) is 0. The Morgan fingerprint density at radius 1 is 1.03 bits per heavy atom. The molecule has 1 aliphatic rings. The van der Waals surface area contributed by atoms with Gasteiger partial charge in [0.2, 0.25) is 5.91 Å². The van der Waals surface area contributed by atoms with Gasteiger partial charge in [-0.2, -0.15) is 0 Å². The third kappa shape index (κ3) is 6.20. The Kier molecular flexibility index (Phi) is 7.21. The van der Waals surface area contributed by atoms with Crippen molar-refractivity contribution in [1.29, 1.82) is 0 Å². The van der Waals surface area contributed by atoms with E-state index in [0.717, 1.165) is 17.5 Å². The van der Waals surface area contributed by atoms with Gasteiger partial charge in [0.05, 0.1) is 13.2 Å². The zero-order valence-corrected chi connectivity index (χ0v) is 16.7. The van der Waals surface area contributed by atoms with Gasteiger partial charge < -0.3 is 19.5 Å². The van der Waals surface area contributed by atoms with Gasteiger partial charge >= 0.3 is 5.97 Å². The van der Waals surface area contributed by atoms with Crippen LogP contribution in [0, 0.1) is 0 Å². The van der Waals surface area contributed by atoms with Gasteiger partial charge in [-0.15, -0.1) is 0 Å². The summed E-state index contributed by atoms with van der Waals surface area (Å²) in [5, 5.41) is 2.68. The van der Waals surface area contributed by atoms with E-state index in [-0.39, 0.29) is 18.3 Å². The molecule has 1 heterocycles. The predicted octanol–water partition coefficient (Wildman–Crippen LogP) is 2.92. The topological polar surface area (TPSA) is 90.9 Å². The summed E-state index contributed by atoms with van der Waals surface area (Å²) in [5.41, 5.74) is 2.07. The Hall–Kier alpha value is -3.61. The number of esters is 1. The van der Waals surface area contributed by atoms with Gasteiger partial charge in [-0.1, -0.05) is 30.3 Å². The molecule has 0 fully saturated rings. The van der Waals surface area contributed by atoms with E-state index in [1.54, 1.807) is 42.5 Å². The third-order valence-electron chi connectivity index (χ3n) is 4.35. The Morgan fingerprint density at radius 2 is 1.77 bits per heavy atom. The van der Waals surface area contributed by atoms with Crippen LogP contribution in [0.3, 0.4) is 0 Å². The number of hydrogen-bond donors (Lipinski definition) is 1. The van der Waals surface area contributed by atoms with Gasteiger partial charge in [-0.05, 0) is 29.3 Å². The number of hydrogen-bond acceptors (Lipinski definition) is 6. The van der Waals surface area contributed by atoms with Crippen LogP contribution in [0.4, 0.5) is 0 Å². The molecule has 1 aliphatic heterocycles. The molecule has 0 spiro atoms. The van der Waals surface area contributed by atoms with Gasteiger partial charge in [0.1, 0.15) is 0 Å². The van der Waals surface area contributed by atoms with Crippen molar-refractivity contribution >= 4 is 23.7 Å². The number of ether oxygens (including phenoxy) is 3. The van der Waals surface area contributed by atoms with E-state index in [1.165, 1.54) is 13.0 Å². The SMILES string of the molecule is CC(=O)NCc1ccc(C(=O)COC(=O)/C=C/c2ccc3c(c2)OCCCO3)cc1. The fourth-order valence-corrected chi connectivity index (χ4v) is 2.75. The number of amides is 1. The van der Waals surface area contributed by atoms with Gasteiger partial charge in [0, 0.05) is 31.5 Å². The molecule has 1 N–H and O–H groups in total. The van der Waals surface area contributed by atoms with Crippen LogP contribution in [-0.2, 0) is 20.9 Å². The summed E-state index contributed by atoms with van der Waals surface area (Å²) in [5.74, 6) is 0.277. The molecule has 30 heavy (non-hydrogen) atoms. The van der Waals surface area contributed by atoms with Crippen LogP contribution < -0.4 is 14.8 Å². The van der Waals surface area contributed by atoms with E-state index < -0.39 is 5.97 Å². The average Bonchev–Trinajstić information content (AvgIpc) is 3.00. The van der Waals surface area contributed by atoms with Gasteiger partial charge in [-0.3, -0.25) is 9.59 Å². The van der Waals surface area contributed by atoms with Crippen molar-refractivity contribution in [2.75, 3.05) is 19.8 Å². The van der Waals surface area contributed by atoms with Crippen molar-refractivity contribution in [3.63, 3.8) is 0 Å². The highest BCUT2D eigenvalue weighted by Gasteiger charge is 2.11. The largest absolute Gasteiger partial charge is 0.490 e. The Morgan fingerprint density at radius 3 is 2.50 bits per heavy atom. The Bertz CT molecular complexity index is 949. The summed E-state index contributed by atoms with van der Waals surface area (Å²) >= 11 is 0. The first-order valence-corrected chi connectivity index (χ1v) is 9.62. The number of ketones is 1. The van der Waals surface area contributed by atoms with Crippen LogP contribution in [0.25, 0.3) is 6.08 Å². The minimum Gasteiger partial charge on any atom is -0.490 e. The second kappa shape index (κ2) is 10.2. The first-order valence-electron chi connectivity index (χ1n) is 9.62. The highest BCUT2D eigenvalue weighted by molar-refractivity contribution is 5.99. The molecule has 2 aromatic carbocycles. The normalized spacial score (nSPS) is 12.8. The monoisotopic (exact) mass is 409 g/mol. The molecule has 156 valence electrons. The number of nitrogens with one attached hydrogen (secondary N) is 1. The van der Waals surface area contributed by atoms with Crippen molar-refractivity contribution in [3.8, 4) is 11.5 Å². The highest BCUT2D eigenvalue weighted by Crippen LogP contribution is 2.30. The average molecular weight is 409 g/mol. The number of carbonyl (C=O) groups excluding carboxylic acids is 3. The molecule has 0 saturated heterocycles. The van der Waals surface area contributed by atoms with E-state index in [0.29, 0.717) is 36.8 Å². The molecule has 0 radical (unpaired) electrons. The molecule has 0 aromatic heterocycles. The third-order valence-corrected chi connectivity index (χ3v) is 4.35. The summed E-state index contributed by atoms with van der Waals surface area (Å²) in [6.45, 7) is 2.67. The summed E-state index contributed by atoms with van der Waals surface area (Å²) in [6, 6.07) is 12.2. The lowest BCUT2D eigenvalue weighted by Crippen LogP contribution is -2.19. The van der Waals surface area contributed by atoms with Crippen molar-refractivity contribution < 1.29 is 28.6 Å². The predicted molar refractivity (Wildman–Crippen MR) is 110 cm³/mol. The Balaban J connectivity index is 1.50. The quantitative estimate of drug-likeness (QED) is 0.430. The lowest BCUT2D eigenvalue weighted by Gasteiger charge is -2.07. The molecule has 7 nitrogen and oxygen atoms in total. The molecule has 2 aromatic rings. The minimum absolute atomic E-state index is 0.123. The fourth-order valence-electron chi connectivity index (χ4n) is 2.75. The standard InChI is InChI=1S/C23H23NO6/c1-16(25)24-14-18-3-7-19(8-4-18)20(26)15-30-23(27)10-6-17-5-9-21-22(13-17)29-12-2-11-28-21/h3-10,13H,2,11-12,14-15H2,1H3,(H,24,25)/b10-6+. The number of Topliss-reactive ketones (excluding diaryl/α,β-unsaturated/α-hetero) is 1. The first-order chi connectivity index (χ1) is 14.5. The molecular formula is C23H23NO6. The van der Waals surface area contributed by atoms with E-state index in [2.05, 4.69) is 5.32 Å². The van der Waals surface area contributed by atoms with E-state index in [9.17, 15) is 14.4 Å². The second-order valence-electron chi connectivity index (χ2n) is 6.73. The van der Waals surface area contributed by atoms with E-state index >= 15 is 0 Å². The lowest BCUT2D eigenvalue weighted by atomic mass is 10.1. The molecule has 0 atom stereocenters. The first kappa shape index (κ1) is 21.1. The van der Waals surface area contributed by atoms with Crippen LogP contribution in [0.15, 0.2) is 48.5 Å². The number of fused-ring (bicyclic) bond motifs is 1. The van der Waals surface area contributed by atoms with Crippen LogP contribution in [0.2, 0.25) is 0 Å². The van der Waals surface area contributed by atoms with Crippen molar-refractivity contribution in [2.24, 2.45) is 0 Å². The zero-order valence-electron chi connectivity index (χ0n) is 16.7. The molecule has 3 rings (SSSR count). The molecule has 7 heteroatoms. The van der Waals surface area contributed by atoms with Crippen molar-refractivity contribution in [2.45, 2.75) is 19.9 Å². The van der Waals surface area contributed by atoms with Crippen LogP contribution in [0.5, 0.6) is 11.5 Å². The Labute approximate surface area is 174 Å². The molecule has 0 aliphatic carbocycles. The summed E-state index contributed by atoms with van der Waals surface area (Å²) in [4.78, 5) is 35.1. The number of carbonyl (C=O) groups is 3. The molecule has 0 bridgehead atoms. The van der Waals surface area contributed by atoms with Gasteiger partial charge in [0.25, 0.3) is 0 Å². The second-order valence-corrected chi connectivity index (χ2v) is 6.73. The maximum atomic E-state index is 12.2. The smallest absolute Gasteiger partial charge is 0.331 e. The molecule has 0 saturated carbocycles.